The number of allylic oxidation sites excluding steroid dienone is 3. The lowest BCUT2D eigenvalue weighted by atomic mass is 10.1. The molecule has 1 unspecified atom stereocenters. The summed E-state index contributed by atoms with van der Waals surface area (Å²) in [5.41, 5.74) is 0. The average Bonchev–Trinajstić information content (AvgIpc) is 2.72. The maximum Gasteiger partial charge on any atom is 0.220 e. The summed E-state index contributed by atoms with van der Waals surface area (Å²) in [6.45, 7) is 1.86. The molecule has 1 atom stereocenters. The van der Waals surface area contributed by atoms with Gasteiger partial charge in [0, 0.05) is 18.6 Å². The Morgan fingerprint density at radius 1 is 1.40 bits per heavy atom. The van der Waals surface area contributed by atoms with E-state index in [-0.39, 0.29) is 17.3 Å². The first-order chi connectivity index (χ1) is 7.25. The molecule has 4 nitrogen and oxygen atoms in total. The minimum absolute atomic E-state index is 0.148. The molecule has 4 heteroatoms. The van der Waals surface area contributed by atoms with Crippen molar-refractivity contribution in [2.45, 2.75) is 6.42 Å². The highest BCUT2D eigenvalue weighted by atomic mass is 16.5. The molecule has 2 rings (SSSR count). The Labute approximate surface area is 87.5 Å². The number of ketones is 2. The van der Waals surface area contributed by atoms with Crippen LogP contribution in [0.4, 0.5) is 0 Å². The van der Waals surface area contributed by atoms with Crippen LogP contribution >= 0.6 is 0 Å². The molecule has 1 fully saturated rings. The highest BCUT2D eigenvalue weighted by molar-refractivity contribution is 6.16. The minimum Gasteiger partial charge on any atom is -0.489 e. The second kappa shape index (κ2) is 4.40. The lowest BCUT2D eigenvalue weighted by Crippen LogP contribution is -2.15. The van der Waals surface area contributed by atoms with Crippen LogP contribution in [0.2, 0.25) is 0 Å². The average molecular weight is 208 g/mol. The number of ether oxygens (including phenoxy) is 2. The lowest BCUT2D eigenvalue weighted by molar-refractivity contribution is -0.117. The summed E-state index contributed by atoms with van der Waals surface area (Å²) in [5.74, 6) is 0.0369. The van der Waals surface area contributed by atoms with E-state index in [4.69, 9.17) is 9.47 Å². The van der Waals surface area contributed by atoms with Crippen LogP contribution in [-0.4, -0.2) is 31.4 Å². The van der Waals surface area contributed by atoms with Gasteiger partial charge in [-0.2, -0.15) is 0 Å². The van der Waals surface area contributed by atoms with E-state index < -0.39 is 0 Å². The van der Waals surface area contributed by atoms with Gasteiger partial charge in [0.25, 0.3) is 0 Å². The van der Waals surface area contributed by atoms with Gasteiger partial charge in [0.15, 0.2) is 11.5 Å². The molecule has 80 valence electrons. The Balaban J connectivity index is 1.88. The quantitative estimate of drug-likeness (QED) is 0.638. The highest BCUT2D eigenvalue weighted by Gasteiger charge is 2.19. The molecule has 15 heavy (non-hydrogen) atoms. The van der Waals surface area contributed by atoms with Gasteiger partial charge < -0.3 is 9.47 Å². The van der Waals surface area contributed by atoms with Gasteiger partial charge in [0.05, 0.1) is 13.2 Å². The van der Waals surface area contributed by atoms with E-state index in [2.05, 4.69) is 0 Å². The predicted octanol–water partition coefficient (Wildman–Crippen LogP) is 0.631. The van der Waals surface area contributed by atoms with Crippen molar-refractivity contribution in [3.8, 4) is 0 Å². The number of hydrogen-bond donors (Lipinski definition) is 0. The monoisotopic (exact) mass is 208 g/mol. The van der Waals surface area contributed by atoms with Gasteiger partial charge in [-0.05, 0) is 18.6 Å². The molecule has 0 radical (unpaired) electrons. The highest BCUT2D eigenvalue weighted by Crippen LogP contribution is 2.15. The molecule has 2 aliphatic rings. The number of carbonyl (C=O) groups is 2. The van der Waals surface area contributed by atoms with Crippen molar-refractivity contribution in [2.75, 3.05) is 19.8 Å². The zero-order chi connectivity index (χ0) is 10.7. The molecule has 0 aromatic rings. The van der Waals surface area contributed by atoms with Crippen LogP contribution in [0.25, 0.3) is 0 Å². The molecule has 0 saturated carbocycles. The van der Waals surface area contributed by atoms with Crippen LogP contribution in [0, 0.1) is 5.92 Å². The fourth-order valence-corrected chi connectivity index (χ4v) is 1.52. The standard InChI is InChI=1S/C11H12O4/c12-9-1-2-10(13)11(5-9)15-7-8-3-4-14-6-8/h1-2,5,8H,3-4,6-7H2. The van der Waals surface area contributed by atoms with Crippen LogP contribution in [0.15, 0.2) is 24.0 Å². The predicted molar refractivity (Wildman–Crippen MR) is 52.1 cm³/mol. The van der Waals surface area contributed by atoms with Crippen LogP contribution in [0.5, 0.6) is 0 Å². The minimum atomic E-state index is -0.242. The van der Waals surface area contributed by atoms with Crippen LogP contribution in [-0.2, 0) is 19.1 Å². The first-order valence-electron chi connectivity index (χ1n) is 4.94. The van der Waals surface area contributed by atoms with E-state index in [1.165, 1.54) is 18.2 Å². The molecule has 0 aromatic heterocycles. The molecular weight excluding hydrogens is 196 g/mol. The molecule has 1 aliphatic carbocycles. The summed E-state index contributed by atoms with van der Waals surface area (Å²) >= 11 is 0. The summed E-state index contributed by atoms with van der Waals surface area (Å²) in [4.78, 5) is 22.3. The summed E-state index contributed by atoms with van der Waals surface area (Å²) in [6.07, 6.45) is 4.67. The smallest absolute Gasteiger partial charge is 0.220 e. The van der Waals surface area contributed by atoms with Crippen molar-refractivity contribution in [3.05, 3.63) is 24.0 Å². The Bertz CT molecular complexity index is 334. The van der Waals surface area contributed by atoms with Crippen molar-refractivity contribution < 1.29 is 19.1 Å². The topological polar surface area (TPSA) is 52.6 Å². The summed E-state index contributed by atoms with van der Waals surface area (Å²) < 4.78 is 10.5. The summed E-state index contributed by atoms with van der Waals surface area (Å²) in [6, 6.07) is 0. The number of carbonyl (C=O) groups excluding carboxylic acids is 2. The largest absolute Gasteiger partial charge is 0.489 e. The van der Waals surface area contributed by atoms with Crippen LogP contribution in [0.3, 0.4) is 0 Å². The number of hydrogen-bond acceptors (Lipinski definition) is 4. The van der Waals surface area contributed by atoms with Crippen molar-refractivity contribution >= 4 is 11.6 Å². The first kappa shape index (κ1) is 10.1. The fraction of sp³-hybridized carbons (Fsp3) is 0.455. The van der Waals surface area contributed by atoms with Gasteiger partial charge >= 0.3 is 0 Å². The molecule has 1 aliphatic heterocycles. The van der Waals surface area contributed by atoms with Gasteiger partial charge in [-0.3, -0.25) is 9.59 Å². The Morgan fingerprint density at radius 3 is 3.00 bits per heavy atom. The maximum atomic E-state index is 11.3. The molecule has 0 aromatic carbocycles. The SMILES string of the molecule is O=C1C=CC(=O)C(OCC2CCOC2)=C1. The van der Waals surface area contributed by atoms with Gasteiger partial charge in [-0.25, -0.2) is 0 Å². The van der Waals surface area contributed by atoms with E-state index in [1.54, 1.807) is 0 Å². The van der Waals surface area contributed by atoms with E-state index in [9.17, 15) is 9.59 Å². The summed E-state index contributed by atoms with van der Waals surface area (Å²) in [5, 5.41) is 0. The van der Waals surface area contributed by atoms with Crippen LogP contribution < -0.4 is 0 Å². The van der Waals surface area contributed by atoms with Crippen molar-refractivity contribution in [2.24, 2.45) is 5.92 Å². The van der Waals surface area contributed by atoms with Crippen molar-refractivity contribution in [1.82, 2.24) is 0 Å². The Morgan fingerprint density at radius 2 is 2.27 bits per heavy atom. The third-order valence-corrected chi connectivity index (χ3v) is 2.41. The Hall–Kier alpha value is -1.42. The third-order valence-electron chi connectivity index (χ3n) is 2.41. The number of rotatable bonds is 3. The molecule has 1 saturated heterocycles. The van der Waals surface area contributed by atoms with E-state index in [0.29, 0.717) is 19.1 Å². The normalized spacial score (nSPS) is 25.6. The first-order valence-corrected chi connectivity index (χ1v) is 4.94. The zero-order valence-corrected chi connectivity index (χ0v) is 8.27. The molecule has 0 N–H and O–H groups in total. The second-order valence-corrected chi connectivity index (χ2v) is 3.65. The van der Waals surface area contributed by atoms with Gasteiger partial charge in [-0.15, -0.1) is 0 Å². The van der Waals surface area contributed by atoms with Crippen LogP contribution in [0.1, 0.15) is 6.42 Å². The van der Waals surface area contributed by atoms with Gasteiger partial charge in [-0.1, -0.05) is 0 Å². The molecule has 0 bridgehead atoms. The van der Waals surface area contributed by atoms with Gasteiger partial charge in [0.1, 0.15) is 0 Å². The molecule has 0 spiro atoms. The fourth-order valence-electron chi connectivity index (χ4n) is 1.52. The third kappa shape index (κ3) is 2.53. The molecule has 0 amide bonds. The lowest BCUT2D eigenvalue weighted by Gasteiger charge is -2.12. The van der Waals surface area contributed by atoms with Gasteiger partial charge in [0.2, 0.25) is 5.78 Å². The van der Waals surface area contributed by atoms with E-state index in [1.807, 2.05) is 0 Å². The van der Waals surface area contributed by atoms with E-state index >= 15 is 0 Å². The Kier molecular flexibility index (Phi) is 2.97. The van der Waals surface area contributed by atoms with Crippen molar-refractivity contribution in [1.29, 1.82) is 0 Å². The maximum absolute atomic E-state index is 11.3. The second-order valence-electron chi connectivity index (χ2n) is 3.65. The summed E-state index contributed by atoms with van der Waals surface area (Å²) in [7, 11) is 0. The van der Waals surface area contributed by atoms with E-state index in [0.717, 1.165) is 13.0 Å². The van der Waals surface area contributed by atoms with Crippen molar-refractivity contribution in [3.63, 3.8) is 0 Å². The molecular formula is C11H12O4. The molecule has 1 heterocycles. The zero-order valence-electron chi connectivity index (χ0n) is 8.27.